The van der Waals surface area contributed by atoms with Gasteiger partial charge in [0.2, 0.25) is 5.91 Å². The van der Waals surface area contributed by atoms with Crippen LogP contribution >= 0.6 is 0 Å². The van der Waals surface area contributed by atoms with Gasteiger partial charge in [0.1, 0.15) is 0 Å². The van der Waals surface area contributed by atoms with E-state index in [1.54, 1.807) is 0 Å². The first-order valence-electron chi connectivity index (χ1n) is 10.1. The molecule has 0 aliphatic heterocycles. The highest BCUT2D eigenvalue weighted by Crippen LogP contribution is 2.19. The van der Waals surface area contributed by atoms with Crippen molar-refractivity contribution < 1.29 is 4.79 Å². The lowest BCUT2D eigenvalue weighted by Gasteiger charge is -2.18. The Morgan fingerprint density at radius 2 is 1.62 bits per heavy atom. The summed E-state index contributed by atoms with van der Waals surface area (Å²) in [7, 11) is 0. The van der Waals surface area contributed by atoms with Gasteiger partial charge in [-0.1, -0.05) is 74.4 Å². The van der Waals surface area contributed by atoms with Gasteiger partial charge < -0.3 is 5.32 Å². The maximum Gasteiger partial charge on any atom is 0.223 e. The predicted molar refractivity (Wildman–Crippen MR) is 110 cm³/mol. The molecule has 1 N–H and O–H groups in total. The van der Waals surface area contributed by atoms with Crippen LogP contribution in [0.2, 0.25) is 0 Å². The third-order valence-corrected chi connectivity index (χ3v) is 5.10. The first-order valence-corrected chi connectivity index (χ1v) is 10.1. The zero-order chi connectivity index (χ0) is 18.6. The normalized spacial score (nSPS) is 11.9. The Hall–Kier alpha value is -2.09. The number of amides is 1. The van der Waals surface area contributed by atoms with Gasteiger partial charge in [-0.2, -0.15) is 0 Å². The molecule has 0 radical (unpaired) electrons. The van der Waals surface area contributed by atoms with Crippen LogP contribution in [-0.4, -0.2) is 12.5 Å². The van der Waals surface area contributed by atoms with E-state index >= 15 is 0 Å². The van der Waals surface area contributed by atoms with Crippen molar-refractivity contribution in [2.75, 3.05) is 6.54 Å². The first-order chi connectivity index (χ1) is 12.7. The van der Waals surface area contributed by atoms with Gasteiger partial charge in [-0.05, 0) is 55.7 Å². The number of aryl methyl sites for hydroxylation is 3. The Balaban J connectivity index is 1.93. The van der Waals surface area contributed by atoms with Crippen LogP contribution in [0, 0.1) is 12.8 Å². The van der Waals surface area contributed by atoms with Crippen molar-refractivity contribution in [3.63, 3.8) is 0 Å². The molecule has 2 aromatic rings. The second kappa shape index (κ2) is 11.5. The van der Waals surface area contributed by atoms with Crippen LogP contribution in [0.25, 0.3) is 0 Å². The molecule has 2 rings (SSSR count). The van der Waals surface area contributed by atoms with Gasteiger partial charge in [-0.15, -0.1) is 0 Å². The highest BCUT2D eigenvalue weighted by molar-refractivity contribution is 5.78. The van der Waals surface area contributed by atoms with Crippen LogP contribution < -0.4 is 5.32 Å². The van der Waals surface area contributed by atoms with E-state index in [0.717, 1.165) is 38.6 Å². The molecule has 1 atom stereocenters. The molecule has 2 nitrogen and oxygen atoms in total. The van der Waals surface area contributed by atoms with Gasteiger partial charge in [0.05, 0.1) is 0 Å². The minimum absolute atomic E-state index is 0.0800. The van der Waals surface area contributed by atoms with Gasteiger partial charge in [-0.3, -0.25) is 4.79 Å². The lowest BCUT2D eigenvalue weighted by atomic mass is 9.91. The number of rotatable bonds is 11. The minimum Gasteiger partial charge on any atom is -0.356 e. The minimum atomic E-state index is 0.0800. The molecule has 0 saturated carbocycles. The lowest BCUT2D eigenvalue weighted by molar-refractivity contribution is -0.125. The Morgan fingerprint density at radius 3 is 2.35 bits per heavy atom. The molecule has 0 aliphatic rings. The van der Waals surface area contributed by atoms with Gasteiger partial charge >= 0.3 is 0 Å². The predicted octanol–water partition coefficient (Wildman–Crippen LogP) is 5.48. The molecular formula is C24H33NO. The molecule has 2 heteroatoms. The van der Waals surface area contributed by atoms with Crippen molar-refractivity contribution >= 4 is 5.91 Å². The van der Waals surface area contributed by atoms with Crippen molar-refractivity contribution in [1.82, 2.24) is 5.32 Å². The van der Waals surface area contributed by atoms with Crippen LogP contribution in [-0.2, 0) is 17.6 Å². The van der Waals surface area contributed by atoms with E-state index < -0.39 is 0 Å². The van der Waals surface area contributed by atoms with Crippen LogP contribution in [0.15, 0.2) is 54.6 Å². The van der Waals surface area contributed by atoms with E-state index in [-0.39, 0.29) is 11.8 Å². The van der Waals surface area contributed by atoms with Crippen molar-refractivity contribution in [2.45, 2.75) is 58.8 Å². The zero-order valence-corrected chi connectivity index (χ0v) is 16.3. The summed E-state index contributed by atoms with van der Waals surface area (Å²) in [5.74, 6) is 0.307. The van der Waals surface area contributed by atoms with E-state index in [2.05, 4.69) is 67.7 Å². The molecule has 0 bridgehead atoms. The number of nitrogens with one attached hydrogen (secondary N) is 1. The van der Waals surface area contributed by atoms with Gasteiger partial charge in [0.15, 0.2) is 0 Å². The smallest absolute Gasteiger partial charge is 0.223 e. The quantitative estimate of drug-likeness (QED) is 0.533. The van der Waals surface area contributed by atoms with Crippen molar-refractivity contribution in [3.8, 4) is 0 Å². The molecule has 140 valence electrons. The molecule has 0 saturated heterocycles. The number of hydrogen-bond acceptors (Lipinski definition) is 1. The number of unbranched alkanes of at least 4 members (excludes halogenated alkanes) is 2. The van der Waals surface area contributed by atoms with Gasteiger partial charge in [-0.25, -0.2) is 0 Å². The van der Waals surface area contributed by atoms with E-state index in [1.165, 1.54) is 29.5 Å². The largest absolute Gasteiger partial charge is 0.356 e. The van der Waals surface area contributed by atoms with E-state index in [1.807, 2.05) is 6.07 Å². The SMILES string of the molecule is CCCCCNC(=O)[C@@H](CCc1ccccc1)CCc1ccccc1C. The highest BCUT2D eigenvalue weighted by Gasteiger charge is 2.18. The van der Waals surface area contributed by atoms with E-state index in [4.69, 9.17) is 0 Å². The topological polar surface area (TPSA) is 29.1 Å². The summed E-state index contributed by atoms with van der Waals surface area (Å²) in [5.41, 5.74) is 3.99. The van der Waals surface area contributed by atoms with Crippen molar-refractivity contribution in [3.05, 3.63) is 71.3 Å². The van der Waals surface area contributed by atoms with Gasteiger partial charge in [0.25, 0.3) is 0 Å². The maximum absolute atomic E-state index is 12.7. The molecule has 0 spiro atoms. The Morgan fingerprint density at radius 1 is 0.923 bits per heavy atom. The lowest BCUT2D eigenvalue weighted by Crippen LogP contribution is -2.32. The highest BCUT2D eigenvalue weighted by atomic mass is 16.1. The number of carbonyl (C=O) groups is 1. The van der Waals surface area contributed by atoms with Crippen molar-refractivity contribution in [2.24, 2.45) is 5.92 Å². The van der Waals surface area contributed by atoms with Crippen LogP contribution in [0.1, 0.15) is 55.7 Å². The van der Waals surface area contributed by atoms with Crippen LogP contribution in [0.4, 0.5) is 0 Å². The molecule has 0 aliphatic carbocycles. The summed E-state index contributed by atoms with van der Waals surface area (Å²) in [5, 5.41) is 3.17. The molecule has 0 heterocycles. The fraction of sp³-hybridized carbons (Fsp3) is 0.458. The third-order valence-electron chi connectivity index (χ3n) is 5.10. The second-order valence-corrected chi connectivity index (χ2v) is 7.18. The van der Waals surface area contributed by atoms with Crippen LogP contribution in [0.3, 0.4) is 0 Å². The molecular weight excluding hydrogens is 318 g/mol. The molecule has 0 aromatic heterocycles. The molecule has 26 heavy (non-hydrogen) atoms. The number of carbonyl (C=O) groups excluding carboxylic acids is 1. The standard InChI is InChI=1S/C24H33NO/c1-3-4-10-19-25-24(26)23(16-15-21-12-6-5-7-13-21)18-17-22-14-9-8-11-20(22)2/h5-9,11-14,23H,3-4,10,15-19H2,1-2H3,(H,25,26)/t23-/m0/s1. The Labute approximate surface area is 159 Å². The molecule has 2 aromatic carbocycles. The average molecular weight is 352 g/mol. The summed E-state index contributed by atoms with van der Waals surface area (Å²) in [6.45, 7) is 5.14. The molecule has 0 fully saturated rings. The summed E-state index contributed by atoms with van der Waals surface area (Å²) in [6, 6.07) is 19.0. The zero-order valence-electron chi connectivity index (χ0n) is 16.3. The Bertz CT molecular complexity index is 650. The van der Waals surface area contributed by atoms with Crippen molar-refractivity contribution in [1.29, 1.82) is 0 Å². The number of benzene rings is 2. The van der Waals surface area contributed by atoms with E-state index in [0.29, 0.717) is 0 Å². The van der Waals surface area contributed by atoms with Gasteiger partial charge in [0, 0.05) is 12.5 Å². The second-order valence-electron chi connectivity index (χ2n) is 7.18. The first kappa shape index (κ1) is 20.2. The Kier molecular flexibility index (Phi) is 8.95. The van der Waals surface area contributed by atoms with Crippen LogP contribution in [0.5, 0.6) is 0 Å². The monoisotopic (exact) mass is 351 g/mol. The fourth-order valence-corrected chi connectivity index (χ4v) is 3.34. The average Bonchev–Trinajstić information content (AvgIpc) is 2.67. The number of hydrogen-bond donors (Lipinski definition) is 1. The summed E-state index contributed by atoms with van der Waals surface area (Å²) >= 11 is 0. The molecule has 0 unspecified atom stereocenters. The maximum atomic E-state index is 12.7. The summed E-state index contributed by atoms with van der Waals surface area (Å²) < 4.78 is 0. The third kappa shape index (κ3) is 7.03. The summed E-state index contributed by atoms with van der Waals surface area (Å²) in [4.78, 5) is 12.7. The fourth-order valence-electron chi connectivity index (χ4n) is 3.34. The summed E-state index contributed by atoms with van der Waals surface area (Å²) in [6.07, 6.45) is 7.19. The van der Waals surface area contributed by atoms with E-state index in [9.17, 15) is 4.79 Å². The molecule has 1 amide bonds.